The molecule has 0 spiro atoms. The van der Waals surface area contributed by atoms with Crippen molar-refractivity contribution >= 4 is 5.69 Å². The zero-order valence-electron chi connectivity index (χ0n) is 9.59. The van der Waals surface area contributed by atoms with Crippen LogP contribution in [0.2, 0.25) is 0 Å². The molecule has 0 saturated heterocycles. The monoisotopic (exact) mass is 240 g/mol. The lowest BCUT2D eigenvalue weighted by Gasteiger charge is -2.16. The zero-order chi connectivity index (χ0) is 12.8. The van der Waals surface area contributed by atoms with Gasteiger partial charge in [0.05, 0.1) is 24.2 Å². The molecule has 0 aromatic heterocycles. The molecular formula is C11H16N2O4. The number of rotatable bonds is 6. The third-order valence-electron chi connectivity index (χ3n) is 2.51. The maximum Gasteiger partial charge on any atom is 0.272 e. The van der Waals surface area contributed by atoms with Crippen LogP contribution in [0.15, 0.2) is 18.2 Å². The van der Waals surface area contributed by atoms with E-state index in [0.717, 1.165) is 5.56 Å². The second kappa shape index (κ2) is 6.29. The van der Waals surface area contributed by atoms with Crippen LogP contribution < -0.4 is 5.32 Å². The molecule has 0 radical (unpaired) electrons. The van der Waals surface area contributed by atoms with E-state index in [1.54, 1.807) is 19.1 Å². The van der Waals surface area contributed by atoms with Crippen LogP contribution in [0.4, 0.5) is 5.69 Å². The summed E-state index contributed by atoms with van der Waals surface area (Å²) < 4.78 is 0. The molecule has 1 aromatic carbocycles. The molecule has 0 aliphatic heterocycles. The third kappa shape index (κ3) is 3.48. The number of benzene rings is 1. The van der Waals surface area contributed by atoms with Gasteiger partial charge in [-0.3, -0.25) is 10.1 Å². The molecule has 0 heterocycles. The second-order valence-electron chi connectivity index (χ2n) is 3.72. The van der Waals surface area contributed by atoms with Crippen molar-refractivity contribution < 1.29 is 15.1 Å². The lowest BCUT2D eigenvalue weighted by Crippen LogP contribution is -2.27. The van der Waals surface area contributed by atoms with Gasteiger partial charge in [0.1, 0.15) is 0 Å². The molecule has 6 heteroatoms. The van der Waals surface area contributed by atoms with Crippen LogP contribution in [0.1, 0.15) is 17.2 Å². The number of nitro groups is 1. The van der Waals surface area contributed by atoms with Gasteiger partial charge < -0.3 is 15.5 Å². The summed E-state index contributed by atoms with van der Waals surface area (Å²) in [5.41, 5.74) is 1.38. The number of nitrogens with one attached hydrogen (secondary N) is 1. The van der Waals surface area contributed by atoms with Gasteiger partial charge in [0.25, 0.3) is 5.69 Å². The summed E-state index contributed by atoms with van der Waals surface area (Å²) in [7, 11) is 0. The van der Waals surface area contributed by atoms with Crippen molar-refractivity contribution in [2.45, 2.75) is 13.0 Å². The predicted molar refractivity (Wildman–Crippen MR) is 62.7 cm³/mol. The van der Waals surface area contributed by atoms with Gasteiger partial charge in [-0.15, -0.1) is 0 Å². The van der Waals surface area contributed by atoms with E-state index >= 15 is 0 Å². The quantitative estimate of drug-likeness (QED) is 0.497. The molecule has 0 aliphatic carbocycles. The SMILES string of the molecule is Cc1cc([C@@H](CO)NCCO)ccc1[N+](=O)[O-]. The van der Waals surface area contributed by atoms with Crippen LogP contribution >= 0.6 is 0 Å². The highest BCUT2D eigenvalue weighted by atomic mass is 16.6. The Morgan fingerprint density at radius 3 is 2.65 bits per heavy atom. The number of nitro benzene ring substituents is 1. The van der Waals surface area contributed by atoms with Crippen LogP contribution in [0.3, 0.4) is 0 Å². The standard InChI is InChI=1S/C11H16N2O4/c1-8-6-9(2-3-11(8)13(16)17)10(7-15)12-4-5-14/h2-3,6,10,12,14-15H,4-5,7H2,1H3/t10-/m1/s1. The molecule has 0 bridgehead atoms. The van der Waals surface area contributed by atoms with Crippen molar-refractivity contribution in [3.8, 4) is 0 Å². The van der Waals surface area contributed by atoms with Gasteiger partial charge in [-0.05, 0) is 18.6 Å². The number of hydrogen-bond donors (Lipinski definition) is 3. The van der Waals surface area contributed by atoms with E-state index < -0.39 is 4.92 Å². The van der Waals surface area contributed by atoms with Crippen molar-refractivity contribution in [2.24, 2.45) is 0 Å². The van der Waals surface area contributed by atoms with Crippen molar-refractivity contribution in [1.29, 1.82) is 0 Å². The number of nitrogens with zero attached hydrogens (tertiary/aromatic N) is 1. The molecule has 0 amide bonds. The number of aliphatic hydroxyl groups excluding tert-OH is 2. The normalized spacial score (nSPS) is 12.4. The van der Waals surface area contributed by atoms with E-state index in [1.807, 2.05) is 0 Å². The van der Waals surface area contributed by atoms with E-state index in [4.69, 9.17) is 5.11 Å². The summed E-state index contributed by atoms with van der Waals surface area (Å²) in [5.74, 6) is 0. The first-order chi connectivity index (χ1) is 8.10. The number of aliphatic hydroxyl groups is 2. The first kappa shape index (κ1) is 13.6. The minimum atomic E-state index is -0.436. The first-order valence-corrected chi connectivity index (χ1v) is 5.30. The average molecular weight is 240 g/mol. The molecule has 0 saturated carbocycles. The maximum atomic E-state index is 10.7. The molecule has 3 N–H and O–H groups in total. The van der Waals surface area contributed by atoms with Gasteiger partial charge in [-0.1, -0.05) is 6.07 Å². The Balaban J connectivity index is 2.90. The van der Waals surface area contributed by atoms with Gasteiger partial charge in [0.2, 0.25) is 0 Å². The summed E-state index contributed by atoms with van der Waals surface area (Å²) in [6.07, 6.45) is 0. The molecule has 0 fully saturated rings. The molecule has 94 valence electrons. The largest absolute Gasteiger partial charge is 0.395 e. The Kier molecular flexibility index (Phi) is 5.02. The van der Waals surface area contributed by atoms with Gasteiger partial charge >= 0.3 is 0 Å². The smallest absolute Gasteiger partial charge is 0.272 e. The summed E-state index contributed by atoms with van der Waals surface area (Å²) in [5, 5.41) is 31.5. The minimum Gasteiger partial charge on any atom is -0.395 e. The van der Waals surface area contributed by atoms with E-state index in [2.05, 4.69) is 5.32 Å². The fourth-order valence-corrected chi connectivity index (χ4v) is 1.63. The topological polar surface area (TPSA) is 95.6 Å². The highest BCUT2D eigenvalue weighted by Crippen LogP contribution is 2.22. The molecule has 0 unspecified atom stereocenters. The summed E-state index contributed by atoms with van der Waals surface area (Å²) in [6, 6.07) is 4.38. The fraction of sp³-hybridized carbons (Fsp3) is 0.455. The maximum absolute atomic E-state index is 10.7. The average Bonchev–Trinajstić information content (AvgIpc) is 2.29. The van der Waals surface area contributed by atoms with Gasteiger partial charge in [0, 0.05) is 18.2 Å². The van der Waals surface area contributed by atoms with E-state index in [1.165, 1.54) is 6.07 Å². The van der Waals surface area contributed by atoms with Crippen LogP contribution in [0, 0.1) is 17.0 Å². The molecule has 17 heavy (non-hydrogen) atoms. The third-order valence-corrected chi connectivity index (χ3v) is 2.51. The predicted octanol–water partition coefficient (Wildman–Crippen LogP) is 0.519. The fourth-order valence-electron chi connectivity index (χ4n) is 1.63. The Morgan fingerprint density at radius 2 is 2.18 bits per heavy atom. The van der Waals surface area contributed by atoms with E-state index in [-0.39, 0.29) is 24.9 Å². The van der Waals surface area contributed by atoms with Crippen LogP contribution in [-0.4, -0.2) is 34.9 Å². The molecule has 1 atom stereocenters. The molecule has 0 aliphatic rings. The van der Waals surface area contributed by atoms with Crippen molar-refractivity contribution in [1.82, 2.24) is 5.32 Å². The van der Waals surface area contributed by atoms with Crippen LogP contribution in [0.5, 0.6) is 0 Å². The summed E-state index contributed by atoms with van der Waals surface area (Å²) >= 11 is 0. The summed E-state index contributed by atoms with van der Waals surface area (Å²) in [4.78, 5) is 10.2. The molecular weight excluding hydrogens is 224 g/mol. The van der Waals surface area contributed by atoms with Gasteiger partial charge in [-0.2, -0.15) is 0 Å². The van der Waals surface area contributed by atoms with Crippen molar-refractivity contribution in [2.75, 3.05) is 19.8 Å². The molecule has 1 aromatic rings. The van der Waals surface area contributed by atoms with Crippen LogP contribution in [0.25, 0.3) is 0 Å². The lowest BCUT2D eigenvalue weighted by molar-refractivity contribution is -0.385. The summed E-state index contributed by atoms with van der Waals surface area (Å²) in [6.45, 7) is 1.86. The first-order valence-electron chi connectivity index (χ1n) is 5.30. The Morgan fingerprint density at radius 1 is 1.47 bits per heavy atom. The lowest BCUT2D eigenvalue weighted by atomic mass is 10.0. The van der Waals surface area contributed by atoms with Crippen LogP contribution in [-0.2, 0) is 0 Å². The zero-order valence-corrected chi connectivity index (χ0v) is 9.59. The van der Waals surface area contributed by atoms with Crippen molar-refractivity contribution in [3.63, 3.8) is 0 Å². The van der Waals surface area contributed by atoms with Gasteiger partial charge in [0.15, 0.2) is 0 Å². The second-order valence-corrected chi connectivity index (χ2v) is 3.72. The molecule has 6 nitrogen and oxygen atoms in total. The Bertz CT molecular complexity index is 395. The van der Waals surface area contributed by atoms with E-state index in [0.29, 0.717) is 12.1 Å². The molecule has 1 rings (SSSR count). The number of aryl methyl sites for hydroxylation is 1. The Hall–Kier alpha value is -1.50. The van der Waals surface area contributed by atoms with Gasteiger partial charge in [-0.25, -0.2) is 0 Å². The van der Waals surface area contributed by atoms with E-state index in [9.17, 15) is 15.2 Å². The minimum absolute atomic E-state index is 0.0253. The highest BCUT2D eigenvalue weighted by Gasteiger charge is 2.14. The highest BCUT2D eigenvalue weighted by molar-refractivity contribution is 5.42. The van der Waals surface area contributed by atoms with Crippen molar-refractivity contribution in [3.05, 3.63) is 39.4 Å². The Labute approximate surface area is 99.0 Å². The number of hydrogen-bond acceptors (Lipinski definition) is 5.